The standard InChI is InChI=1S/C25H34BrN5O2/c26-23-21-14-20(15-27)33-22(21)16-28-24(23)29-18-4-6-19(7-5-18)31-12-8-25(32,9-13-31)17-30-10-2-1-3-11-30/h14,16,18-19,32H,1-13,17H2,(H,28,29). The summed E-state index contributed by atoms with van der Waals surface area (Å²) in [5.41, 5.74) is 0.125. The summed E-state index contributed by atoms with van der Waals surface area (Å²) in [7, 11) is 0. The molecule has 0 radical (unpaired) electrons. The number of likely N-dealkylation sites (tertiary alicyclic amines) is 2. The van der Waals surface area contributed by atoms with Crippen molar-refractivity contribution in [1.29, 1.82) is 5.26 Å². The molecule has 0 aromatic carbocycles. The van der Waals surface area contributed by atoms with E-state index in [0.29, 0.717) is 23.4 Å². The van der Waals surface area contributed by atoms with Crippen LogP contribution in [0.15, 0.2) is 21.2 Å². The molecular formula is C25H34BrN5O2. The minimum Gasteiger partial charge on any atom is -0.444 e. The largest absolute Gasteiger partial charge is 0.444 e. The summed E-state index contributed by atoms with van der Waals surface area (Å²) >= 11 is 3.64. The summed E-state index contributed by atoms with van der Waals surface area (Å²) < 4.78 is 6.33. The second-order valence-electron chi connectivity index (χ2n) is 10.2. The van der Waals surface area contributed by atoms with E-state index in [0.717, 1.165) is 74.1 Å². The van der Waals surface area contributed by atoms with Gasteiger partial charge in [0.2, 0.25) is 5.76 Å². The molecule has 2 aromatic heterocycles. The predicted octanol–water partition coefficient (Wildman–Crippen LogP) is 4.50. The maximum Gasteiger partial charge on any atom is 0.204 e. The van der Waals surface area contributed by atoms with Crippen molar-refractivity contribution in [2.75, 3.05) is 38.0 Å². The number of nitrogens with one attached hydrogen (secondary N) is 1. The maximum atomic E-state index is 11.2. The van der Waals surface area contributed by atoms with E-state index in [-0.39, 0.29) is 0 Å². The van der Waals surface area contributed by atoms with Gasteiger partial charge >= 0.3 is 0 Å². The van der Waals surface area contributed by atoms with E-state index < -0.39 is 5.60 Å². The Morgan fingerprint density at radius 1 is 1.15 bits per heavy atom. The zero-order valence-electron chi connectivity index (χ0n) is 19.2. The van der Waals surface area contributed by atoms with Gasteiger partial charge in [0.1, 0.15) is 11.9 Å². The molecule has 1 aliphatic carbocycles. The molecule has 0 bridgehead atoms. The van der Waals surface area contributed by atoms with Gasteiger partial charge in [-0.2, -0.15) is 5.26 Å². The second kappa shape index (κ2) is 9.91. The van der Waals surface area contributed by atoms with Crippen LogP contribution in [-0.4, -0.2) is 70.3 Å². The number of aromatic nitrogens is 1. The number of β-amino-alcohol motifs (C(OH)–C–C–N with tert-alkyl or cyclic N) is 1. The Morgan fingerprint density at radius 2 is 1.88 bits per heavy atom. The molecule has 8 heteroatoms. The van der Waals surface area contributed by atoms with Gasteiger partial charge in [0.25, 0.3) is 0 Å². The zero-order valence-corrected chi connectivity index (χ0v) is 20.8. The molecule has 2 saturated heterocycles. The fraction of sp³-hybridized carbons (Fsp3) is 0.680. The Bertz CT molecular complexity index is 996. The van der Waals surface area contributed by atoms with Crippen LogP contribution in [0, 0.1) is 11.3 Å². The van der Waals surface area contributed by atoms with Gasteiger partial charge < -0.3 is 24.6 Å². The average Bonchev–Trinajstić information content (AvgIpc) is 3.27. The normalized spacial score (nSPS) is 26.8. The topological polar surface area (TPSA) is 88.6 Å². The number of halogens is 1. The van der Waals surface area contributed by atoms with Crippen LogP contribution in [0.5, 0.6) is 0 Å². The van der Waals surface area contributed by atoms with Crippen molar-refractivity contribution < 1.29 is 9.52 Å². The number of hydrogen-bond acceptors (Lipinski definition) is 7. The highest BCUT2D eigenvalue weighted by Crippen LogP contribution is 2.35. The maximum absolute atomic E-state index is 11.2. The van der Waals surface area contributed by atoms with E-state index in [4.69, 9.17) is 9.68 Å². The third-order valence-corrected chi connectivity index (χ3v) is 8.68. The lowest BCUT2D eigenvalue weighted by Gasteiger charge is -2.45. The molecule has 178 valence electrons. The first-order valence-corrected chi connectivity index (χ1v) is 13.3. The first-order chi connectivity index (χ1) is 16.0. The number of rotatable bonds is 5. The van der Waals surface area contributed by atoms with Crippen molar-refractivity contribution in [2.45, 2.75) is 75.5 Å². The SMILES string of the molecule is N#Cc1cc2c(Br)c(NC3CCC(N4CCC(O)(CN5CCCCC5)CC4)CC3)ncc2o1. The van der Waals surface area contributed by atoms with Crippen molar-refractivity contribution >= 4 is 32.7 Å². The summed E-state index contributed by atoms with van der Waals surface area (Å²) in [5, 5.41) is 24.7. The van der Waals surface area contributed by atoms with E-state index in [9.17, 15) is 5.11 Å². The first-order valence-electron chi connectivity index (χ1n) is 12.5. The molecule has 33 heavy (non-hydrogen) atoms. The predicted molar refractivity (Wildman–Crippen MR) is 132 cm³/mol. The summed E-state index contributed by atoms with van der Waals surface area (Å²) in [6.45, 7) is 5.19. The highest BCUT2D eigenvalue weighted by Gasteiger charge is 2.37. The average molecular weight is 516 g/mol. The molecular weight excluding hydrogens is 482 g/mol. The van der Waals surface area contributed by atoms with Gasteiger partial charge in [0, 0.05) is 43.2 Å². The van der Waals surface area contributed by atoms with Crippen LogP contribution in [-0.2, 0) is 0 Å². The fourth-order valence-electron chi connectivity index (χ4n) is 5.91. The Labute approximate surface area is 204 Å². The summed E-state index contributed by atoms with van der Waals surface area (Å²) in [6.07, 6.45) is 12.0. The highest BCUT2D eigenvalue weighted by atomic mass is 79.9. The zero-order chi connectivity index (χ0) is 22.8. The quantitative estimate of drug-likeness (QED) is 0.605. The van der Waals surface area contributed by atoms with Crippen LogP contribution in [0.2, 0.25) is 0 Å². The molecule has 3 fully saturated rings. The van der Waals surface area contributed by atoms with Crippen LogP contribution in [0.4, 0.5) is 5.82 Å². The van der Waals surface area contributed by atoms with Gasteiger partial charge in [-0.3, -0.25) is 0 Å². The molecule has 0 unspecified atom stereocenters. The summed E-state index contributed by atoms with van der Waals surface area (Å²) in [6, 6.07) is 4.82. The molecule has 2 aromatic rings. The minimum atomic E-state index is -0.498. The van der Waals surface area contributed by atoms with Crippen LogP contribution in [0.25, 0.3) is 11.0 Å². The lowest BCUT2D eigenvalue weighted by Crippen LogP contribution is -2.54. The number of pyridine rings is 1. The van der Waals surface area contributed by atoms with Gasteiger partial charge in [-0.1, -0.05) is 6.42 Å². The molecule has 1 saturated carbocycles. The molecule has 7 nitrogen and oxygen atoms in total. The Balaban J connectivity index is 1.11. The van der Waals surface area contributed by atoms with Gasteiger partial charge in [0.15, 0.2) is 5.58 Å². The number of fused-ring (bicyclic) bond motifs is 1. The molecule has 0 spiro atoms. The van der Waals surface area contributed by atoms with Crippen LogP contribution < -0.4 is 5.32 Å². The van der Waals surface area contributed by atoms with Crippen molar-refractivity contribution in [1.82, 2.24) is 14.8 Å². The van der Waals surface area contributed by atoms with Gasteiger partial charge in [-0.25, -0.2) is 4.98 Å². The summed E-state index contributed by atoms with van der Waals surface area (Å²) in [5.74, 6) is 1.12. The first kappa shape index (κ1) is 23.1. The smallest absolute Gasteiger partial charge is 0.204 e. The van der Waals surface area contributed by atoms with E-state index in [2.05, 4.69) is 36.0 Å². The van der Waals surface area contributed by atoms with Gasteiger partial charge in [0.05, 0.1) is 16.3 Å². The molecule has 5 rings (SSSR count). The number of nitriles is 1. The van der Waals surface area contributed by atoms with Gasteiger partial charge in [-0.05, 0) is 80.4 Å². The third-order valence-electron chi connectivity index (χ3n) is 7.88. The monoisotopic (exact) mass is 515 g/mol. The molecule has 2 aliphatic heterocycles. The Morgan fingerprint density at radius 3 is 2.58 bits per heavy atom. The van der Waals surface area contributed by atoms with Crippen molar-refractivity contribution in [2.24, 2.45) is 0 Å². The number of hydrogen-bond donors (Lipinski definition) is 2. The number of nitrogens with zero attached hydrogens (tertiary/aromatic N) is 4. The molecule has 4 heterocycles. The fourth-order valence-corrected chi connectivity index (χ4v) is 6.44. The van der Waals surface area contributed by atoms with Crippen LogP contribution in [0.1, 0.15) is 63.5 Å². The second-order valence-corrected chi connectivity index (χ2v) is 11.0. The van der Waals surface area contributed by atoms with E-state index in [1.165, 1.54) is 32.1 Å². The number of anilines is 1. The van der Waals surface area contributed by atoms with Crippen molar-refractivity contribution in [3.8, 4) is 6.07 Å². The lowest BCUT2D eigenvalue weighted by atomic mass is 9.85. The van der Waals surface area contributed by atoms with E-state index >= 15 is 0 Å². The van der Waals surface area contributed by atoms with E-state index in [1.807, 2.05) is 6.07 Å². The van der Waals surface area contributed by atoms with Gasteiger partial charge in [-0.15, -0.1) is 0 Å². The molecule has 0 atom stereocenters. The molecule has 2 N–H and O–H groups in total. The van der Waals surface area contributed by atoms with Crippen molar-refractivity contribution in [3.05, 3.63) is 22.5 Å². The summed E-state index contributed by atoms with van der Waals surface area (Å²) in [4.78, 5) is 9.61. The lowest BCUT2D eigenvalue weighted by molar-refractivity contribution is -0.0579. The third kappa shape index (κ3) is 5.22. The van der Waals surface area contributed by atoms with Crippen molar-refractivity contribution in [3.63, 3.8) is 0 Å². The highest BCUT2D eigenvalue weighted by molar-refractivity contribution is 9.10. The molecule has 0 amide bonds. The Kier molecular flexibility index (Phi) is 6.94. The van der Waals surface area contributed by atoms with Crippen LogP contribution in [0.3, 0.4) is 0 Å². The minimum absolute atomic E-state index is 0.300. The van der Waals surface area contributed by atoms with E-state index in [1.54, 1.807) is 12.3 Å². The number of aliphatic hydroxyl groups is 1. The van der Waals surface area contributed by atoms with Crippen LogP contribution >= 0.6 is 15.9 Å². The number of piperidine rings is 2. The molecule has 3 aliphatic rings. The number of furan rings is 1. The Hall–Kier alpha value is -1.66.